The molecular formula is C17H37N3. The summed E-state index contributed by atoms with van der Waals surface area (Å²) in [4.78, 5) is 5.19. The van der Waals surface area contributed by atoms with Gasteiger partial charge in [-0.3, -0.25) is 4.90 Å². The van der Waals surface area contributed by atoms with E-state index in [2.05, 4.69) is 51.5 Å². The topological polar surface area (TPSA) is 32.5 Å². The molecule has 1 atom stereocenters. The van der Waals surface area contributed by atoms with Crippen LogP contribution in [-0.4, -0.2) is 54.6 Å². The van der Waals surface area contributed by atoms with E-state index in [1.54, 1.807) is 0 Å². The van der Waals surface area contributed by atoms with Crippen LogP contribution in [0.2, 0.25) is 0 Å². The normalized spacial score (nSPS) is 21.9. The molecule has 3 heteroatoms. The first kappa shape index (κ1) is 17.9. The van der Waals surface area contributed by atoms with Crippen molar-refractivity contribution in [1.29, 1.82) is 0 Å². The van der Waals surface area contributed by atoms with Crippen molar-refractivity contribution in [3.05, 3.63) is 0 Å². The molecule has 1 rings (SSSR count). The molecule has 0 amide bonds. The molecular weight excluding hydrogens is 246 g/mol. The molecule has 0 aliphatic carbocycles. The molecule has 1 heterocycles. The number of hydrogen-bond acceptors (Lipinski definition) is 3. The molecule has 1 aliphatic rings. The van der Waals surface area contributed by atoms with Gasteiger partial charge in [-0.05, 0) is 58.2 Å². The molecule has 3 nitrogen and oxygen atoms in total. The molecule has 0 bridgehead atoms. The maximum atomic E-state index is 6.19. The summed E-state index contributed by atoms with van der Waals surface area (Å²) in [6.07, 6.45) is 3.69. The second kappa shape index (κ2) is 7.77. The first-order chi connectivity index (χ1) is 9.30. The molecule has 1 fully saturated rings. The van der Waals surface area contributed by atoms with E-state index in [1.807, 2.05) is 0 Å². The Kier molecular flexibility index (Phi) is 6.96. The first-order valence-electron chi connectivity index (χ1n) is 8.46. The Morgan fingerprint density at radius 2 is 1.60 bits per heavy atom. The zero-order chi connectivity index (χ0) is 15.3. The van der Waals surface area contributed by atoms with E-state index in [9.17, 15) is 0 Å². The highest BCUT2D eigenvalue weighted by molar-refractivity contribution is 4.97. The van der Waals surface area contributed by atoms with Crippen LogP contribution in [0.1, 0.15) is 53.9 Å². The summed E-state index contributed by atoms with van der Waals surface area (Å²) in [7, 11) is 2.29. The molecule has 0 spiro atoms. The highest BCUT2D eigenvalue weighted by atomic mass is 15.2. The zero-order valence-corrected chi connectivity index (χ0v) is 14.7. The van der Waals surface area contributed by atoms with Gasteiger partial charge in [0.25, 0.3) is 0 Å². The third-order valence-corrected chi connectivity index (χ3v) is 5.01. The van der Waals surface area contributed by atoms with Gasteiger partial charge in [0.1, 0.15) is 0 Å². The Morgan fingerprint density at radius 1 is 1.05 bits per heavy atom. The van der Waals surface area contributed by atoms with Gasteiger partial charge in [0.15, 0.2) is 0 Å². The number of hydrogen-bond donors (Lipinski definition) is 1. The van der Waals surface area contributed by atoms with Crippen LogP contribution in [0.5, 0.6) is 0 Å². The molecule has 0 aromatic carbocycles. The molecule has 1 aliphatic heterocycles. The molecule has 20 heavy (non-hydrogen) atoms. The van der Waals surface area contributed by atoms with Crippen molar-refractivity contribution in [2.24, 2.45) is 17.6 Å². The summed E-state index contributed by atoms with van der Waals surface area (Å²) >= 11 is 0. The van der Waals surface area contributed by atoms with Crippen LogP contribution in [-0.2, 0) is 0 Å². The number of piperidine rings is 1. The third kappa shape index (κ3) is 4.71. The minimum atomic E-state index is 0.224. The fourth-order valence-electron chi connectivity index (χ4n) is 3.68. The second-order valence-electron chi connectivity index (χ2n) is 7.71. The number of likely N-dealkylation sites (tertiary alicyclic amines) is 1. The van der Waals surface area contributed by atoms with Gasteiger partial charge >= 0.3 is 0 Å². The number of nitrogens with two attached hydrogens (primary N) is 1. The summed E-state index contributed by atoms with van der Waals surface area (Å²) in [5.74, 6) is 1.52. The highest BCUT2D eigenvalue weighted by Crippen LogP contribution is 2.30. The van der Waals surface area contributed by atoms with Crippen molar-refractivity contribution in [3.8, 4) is 0 Å². The number of likely N-dealkylation sites (N-methyl/N-ethyl adjacent to an activating group) is 1. The second-order valence-corrected chi connectivity index (χ2v) is 7.71. The van der Waals surface area contributed by atoms with Crippen LogP contribution in [0.25, 0.3) is 0 Å². The molecule has 2 N–H and O–H groups in total. The number of nitrogens with zero attached hydrogens (tertiary/aromatic N) is 2. The summed E-state index contributed by atoms with van der Waals surface area (Å²) in [5.41, 5.74) is 6.42. The minimum absolute atomic E-state index is 0.224. The van der Waals surface area contributed by atoms with Crippen molar-refractivity contribution in [2.75, 3.05) is 33.2 Å². The van der Waals surface area contributed by atoms with E-state index in [4.69, 9.17) is 5.73 Å². The molecule has 0 aromatic rings. The summed E-state index contributed by atoms with van der Waals surface area (Å²) in [6.45, 7) is 16.0. The molecule has 0 aromatic heterocycles. The lowest BCUT2D eigenvalue weighted by Gasteiger charge is -2.49. The van der Waals surface area contributed by atoms with Gasteiger partial charge in [-0.2, -0.15) is 0 Å². The van der Waals surface area contributed by atoms with E-state index in [0.29, 0.717) is 6.04 Å². The van der Waals surface area contributed by atoms with E-state index in [1.165, 1.54) is 38.9 Å². The predicted molar refractivity (Wildman–Crippen MR) is 89.0 cm³/mol. The zero-order valence-electron chi connectivity index (χ0n) is 14.7. The van der Waals surface area contributed by atoms with Crippen LogP contribution in [0, 0.1) is 11.8 Å². The fourth-order valence-corrected chi connectivity index (χ4v) is 3.68. The van der Waals surface area contributed by atoms with Crippen molar-refractivity contribution < 1.29 is 0 Å². The SMILES string of the molecule is CC(C)CC(C)N(C)C1(CN)CCN(CC(C)C)CC1. The Labute approximate surface area is 126 Å². The van der Waals surface area contributed by atoms with Crippen LogP contribution in [0.3, 0.4) is 0 Å². The van der Waals surface area contributed by atoms with Gasteiger partial charge in [-0.15, -0.1) is 0 Å². The lowest BCUT2D eigenvalue weighted by molar-refractivity contribution is 0.0132. The van der Waals surface area contributed by atoms with Crippen molar-refractivity contribution in [3.63, 3.8) is 0 Å². The van der Waals surface area contributed by atoms with Crippen molar-refractivity contribution in [1.82, 2.24) is 9.80 Å². The van der Waals surface area contributed by atoms with Crippen molar-refractivity contribution >= 4 is 0 Å². The van der Waals surface area contributed by atoms with E-state index >= 15 is 0 Å². The maximum Gasteiger partial charge on any atom is 0.0355 e. The van der Waals surface area contributed by atoms with E-state index in [0.717, 1.165) is 18.4 Å². The molecule has 120 valence electrons. The Balaban J connectivity index is 2.61. The predicted octanol–water partition coefficient (Wildman–Crippen LogP) is 2.80. The quantitative estimate of drug-likeness (QED) is 0.780. The lowest BCUT2D eigenvalue weighted by atomic mass is 9.84. The Morgan fingerprint density at radius 3 is 2.00 bits per heavy atom. The largest absolute Gasteiger partial charge is 0.329 e. The number of rotatable bonds is 7. The monoisotopic (exact) mass is 283 g/mol. The summed E-state index contributed by atoms with van der Waals surface area (Å²) in [5, 5.41) is 0. The van der Waals surface area contributed by atoms with E-state index in [-0.39, 0.29) is 5.54 Å². The Bertz CT molecular complexity index is 267. The van der Waals surface area contributed by atoms with Gasteiger partial charge < -0.3 is 10.6 Å². The standard InChI is InChI=1S/C17H37N3/c1-14(2)11-16(5)19(6)17(13-18)7-9-20(10-8-17)12-15(3)4/h14-16H,7-13,18H2,1-6H3. The third-order valence-electron chi connectivity index (χ3n) is 5.01. The van der Waals surface area contributed by atoms with Crippen LogP contribution in [0.15, 0.2) is 0 Å². The summed E-state index contributed by atoms with van der Waals surface area (Å²) in [6, 6.07) is 0.621. The minimum Gasteiger partial charge on any atom is -0.329 e. The average Bonchev–Trinajstić information content (AvgIpc) is 2.37. The van der Waals surface area contributed by atoms with Crippen molar-refractivity contribution in [2.45, 2.75) is 65.5 Å². The van der Waals surface area contributed by atoms with Crippen LogP contribution < -0.4 is 5.73 Å². The molecule has 0 saturated carbocycles. The van der Waals surface area contributed by atoms with Gasteiger partial charge in [-0.25, -0.2) is 0 Å². The van der Waals surface area contributed by atoms with Gasteiger partial charge in [0.05, 0.1) is 0 Å². The Hall–Kier alpha value is -0.120. The fraction of sp³-hybridized carbons (Fsp3) is 1.00. The molecule has 1 saturated heterocycles. The average molecular weight is 284 g/mol. The van der Waals surface area contributed by atoms with Gasteiger partial charge in [0, 0.05) is 24.7 Å². The van der Waals surface area contributed by atoms with Crippen LogP contribution in [0.4, 0.5) is 0 Å². The highest BCUT2D eigenvalue weighted by Gasteiger charge is 2.38. The lowest BCUT2D eigenvalue weighted by Crippen LogP contribution is -2.60. The summed E-state index contributed by atoms with van der Waals surface area (Å²) < 4.78 is 0. The smallest absolute Gasteiger partial charge is 0.0355 e. The van der Waals surface area contributed by atoms with Gasteiger partial charge in [-0.1, -0.05) is 27.7 Å². The van der Waals surface area contributed by atoms with Gasteiger partial charge in [0.2, 0.25) is 0 Å². The van der Waals surface area contributed by atoms with E-state index < -0.39 is 0 Å². The van der Waals surface area contributed by atoms with Crippen LogP contribution >= 0.6 is 0 Å². The first-order valence-corrected chi connectivity index (χ1v) is 8.46. The molecule has 1 unspecified atom stereocenters. The maximum absolute atomic E-state index is 6.19. The molecule has 0 radical (unpaired) electrons.